The molecule has 1 atom stereocenters. The largest absolute Gasteiger partial charge is 0.496 e. The molecular weight excluding hydrogens is 262 g/mol. The molecule has 0 aliphatic heterocycles. The highest BCUT2D eigenvalue weighted by molar-refractivity contribution is 5.51. The molecule has 110 valence electrons. The van der Waals surface area contributed by atoms with Crippen LogP contribution in [0.5, 0.6) is 5.75 Å². The van der Waals surface area contributed by atoms with Gasteiger partial charge in [-0.1, -0.05) is 55.5 Å². The zero-order chi connectivity index (χ0) is 15.1. The maximum atomic E-state index is 10.8. The molecular formula is C18H21NO2. The molecule has 0 radical (unpaired) electrons. The lowest BCUT2D eigenvalue weighted by molar-refractivity contribution is -0.109. The Labute approximate surface area is 126 Å². The number of hydrogen-bond acceptors (Lipinski definition) is 2. The molecule has 0 heterocycles. The fraction of sp³-hybridized carbons (Fsp3) is 0.278. The number of carbonyl (C=O) groups excluding carboxylic acids is 1. The summed E-state index contributed by atoms with van der Waals surface area (Å²) in [4.78, 5) is 10.8. The van der Waals surface area contributed by atoms with Gasteiger partial charge in [0, 0.05) is 17.5 Å². The van der Waals surface area contributed by atoms with E-state index in [1.165, 1.54) is 5.56 Å². The van der Waals surface area contributed by atoms with E-state index in [1.807, 2.05) is 36.4 Å². The summed E-state index contributed by atoms with van der Waals surface area (Å²) < 4.78 is 5.54. The van der Waals surface area contributed by atoms with Gasteiger partial charge in [0.1, 0.15) is 5.75 Å². The van der Waals surface area contributed by atoms with E-state index in [4.69, 9.17) is 4.74 Å². The lowest BCUT2D eigenvalue weighted by Gasteiger charge is -2.35. The Morgan fingerprint density at radius 3 is 2.38 bits per heavy atom. The number of hydrogen-bond donors (Lipinski definition) is 1. The fourth-order valence-corrected chi connectivity index (χ4v) is 2.89. The molecule has 1 N–H and O–H groups in total. The van der Waals surface area contributed by atoms with Crippen LogP contribution < -0.4 is 10.1 Å². The van der Waals surface area contributed by atoms with E-state index in [1.54, 1.807) is 7.11 Å². The van der Waals surface area contributed by atoms with Gasteiger partial charge in [-0.15, -0.1) is 0 Å². The summed E-state index contributed by atoms with van der Waals surface area (Å²) in [5.74, 6) is 0.843. The standard InChI is InChI=1S/C18H21NO2/c1-3-18(13-19-14-20,15-9-5-4-6-10-15)16-11-7-8-12-17(16)21-2/h4-12,14H,3,13H2,1-2H3,(H,19,20)/t18-/m0/s1. The Morgan fingerprint density at radius 2 is 1.76 bits per heavy atom. The van der Waals surface area contributed by atoms with Gasteiger partial charge in [0.15, 0.2) is 0 Å². The Morgan fingerprint density at radius 1 is 1.10 bits per heavy atom. The smallest absolute Gasteiger partial charge is 0.207 e. The monoisotopic (exact) mass is 283 g/mol. The van der Waals surface area contributed by atoms with Gasteiger partial charge in [-0.2, -0.15) is 0 Å². The Kier molecular flexibility index (Phi) is 4.99. The molecule has 3 heteroatoms. The number of rotatable bonds is 7. The van der Waals surface area contributed by atoms with Crippen LogP contribution in [0.1, 0.15) is 24.5 Å². The van der Waals surface area contributed by atoms with Crippen molar-refractivity contribution in [2.24, 2.45) is 0 Å². The lowest BCUT2D eigenvalue weighted by atomic mass is 9.72. The van der Waals surface area contributed by atoms with E-state index in [0.717, 1.165) is 24.1 Å². The number of amides is 1. The lowest BCUT2D eigenvalue weighted by Crippen LogP contribution is -2.38. The first-order chi connectivity index (χ1) is 10.3. The minimum atomic E-state index is -0.297. The van der Waals surface area contributed by atoms with Crippen molar-refractivity contribution in [3.05, 3.63) is 65.7 Å². The third-order valence-corrected chi connectivity index (χ3v) is 4.04. The quantitative estimate of drug-likeness (QED) is 0.793. The van der Waals surface area contributed by atoms with E-state index >= 15 is 0 Å². The molecule has 2 aromatic rings. The van der Waals surface area contributed by atoms with Crippen molar-refractivity contribution in [1.82, 2.24) is 5.32 Å². The minimum Gasteiger partial charge on any atom is -0.496 e. The molecule has 0 unspecified atom stereocenters. The second-order valence-electron chi connectivity index (χ2n) is 5.00. The van der Waals surface area contributed by atoms with Crippen molar-refractivity contribution in [3.8, 4) is 5.75 Å². The molecule has 0 fully saturated rings. The van der Waals surface area contributed by atoms with Crippen LogP contribution in [-0.2, 0) is 10.2 Å². The van der Waals surface area contributed by atoms with Gasteiger partial charge in [-0.05, 0) is 18.1 Å². The molecule has 1 amide bonds. The molecule has 0 spiro atoms. The SMILES string of the molecule is CC[C@](CNC=O)(c1ccccc1)c1ccccc1OC. The highest BCUT2D eigenvalue weighted by Gasteiger charge is 2.34. The summed E-state index contributed by atoms with van der Waals surface area (Å²) in [5, 5.41) is 2.85. The minimum absolute atomic E-state index is 0.297. The Bertz CT molecular complexity index is 583. The van der Waals surface area contributed by atoms with E-state index in [2.05, 4.69) is 30.4 Å². The summed E-state index contributed by atoms with van der Waals surface area (Å²) in [6, 6.07) is 18.2. The van der Waals surface area contributed by atoms with Crippen molar-refractivity contribution >= 4 is 6.41 Å². The number of ether oxygens (including phenoxy) is 1. The predicted octanol–water partition coefficient (Wildman–Crippen LogP) is 3.14. The zero-order valence-corrected chi connectivity index (χ0v) is 12.5. The molecule has 3 nitrogen and oxygen atoms in total. The summed E-state index contributed by atoms with van der Waals surface area (Å²) >= 11 is 0. The normalized spacial score (nSPS) is 13.2. The van der Waals surface area contributed by atoms with Gasteiger partial charge < -0.3 is 10.1 Å². The average Bonchev–Trinajstić information content (AvgIpc) is 2.57. The van der Waals surface area contributed by atoms with Crippen LogP contribution in [-0.4, -0.2) is 20.1 Å². The van der Waals surface area contributed by atoms with E-state index in [0.29, 0.717) is 6.54 Å². The molecule has 0 bridgehead atoms. The van der Waals surface area contributed by atoms with Crippen molar-refractivity contribution in [2.45, 2.75) is 18.8 Å². The maximum Gasteiger partial charge on any atom is 0.207 e. The third kappa shape index (κ3) is 2.92. The van der Waals surface area contributed by atoms with Gasteiger partial charge in [0.05, 0.1) is 7.11 Å². The van der Waals surface area contributed by atoms with Crippen LogP contribution in [0.15, 0.2) is 54.6 Å². The first-order valence-corrected chi connectivity index (χ1v) is 7.14. The van der Waals surface area contributed by atoms with Crippen molar-refractivity contribution < 1.29 is 9.53 Å². The summed E-state index contributed by atoms with van der Waals surface area (Å²) in [6.45, 7) is 2.67. The molecule has 0 saturated heterocycles. The first kappa shape index (κ1) is 15.1. The summed E-state index contributed by atoms with van der Waals surface area (Å²) in [5.41, 5.74) is 1.97. The van der Waals surface area contributed by atoms with Gasteiger partial charge in [-0.25, -0.2) is 0 Å². The Balaban J connectivity index is 2.61. The number of carbonyl (C=O) groups is 1. The maximum absolute atomic E-state index is 10.8. The van der Waals surface area contributed by atoms with E-state index < -0.39 is 0 Å². The van der Waals surface area contributed by atoms with Crippen LogP contribution >= 0.6 is 0 Å². The van der Waals surface area contributed by atoms with E-state index in [9.17, 15) is 4.79 Å². The Hall–Kier alpha value is -2.29. The predicted molar refractivity (Wildman–Crippen MR) is 84.6 cm³/mol. The number of nitrogens with one attached hydrogen (secondary N) is 1. The third-order valence-electron chi connectivity index (χ3n) is 4.04. The average molecular weight is 283 g/mol. The molecule has 0 aromatic heterocycles. The second-order valence-corrected chi connectivity index (χ2v) is 5.00. The highest BCUT2D eigenvalue weighted by atomic mass is 16.5. The second kappa shape index (κ2) is 6.93. The first-order valence-electron chi connectivity index (χ1n) is 7.14. The summed E-state index contributed by atoms with van der Waals surface area (Å²) in [6.07, 6.45) is 1.61. The number of para-hydroxylation sites is 1. The fourth-order valence-electron chi connectivity index (χ4n) is 2.89. The van der Waals surface area contributed by atoms with Gasteiger partial charge in [0.2, 0.25) is 6.41 Å². The zero-order valence-electron chi connectivity index (χ0n) is 12.5. The van der Waals surface area contributed by atoms with Crippen molar-refractivity contribution in [1.29, 1.82) is 0 Å². The van der Waals surface area contributed by atoms with Gasteiger partial charge >= 0.3 is 0 Å². The number of benzene rings is 2. The molecule has 0 aliphatic carbocycles. The van der Waals surface area contributed by atoms with Crippen LogP contribution in [0.2, 0.25) is 0 Å². The molecule has 2 aromatic carbocycles. The number of methoxy groups -OCH3 is 1. The van der Waals surface area contributed by atoms with Gasteiger partial charge in [0.25, 0.3) is 0 Å². The van der Waals surface area contributed by atoms with Crippen LogP contribution in [0.4, 0.5) is 0 Å². The molecule has 0 aliphatic rings. The molecule has 2 rings (SSSR count). The van der Waals surface area contributed by atoms with Crippen LogP contribution in [0, 0.1) is 0 Å². The molecule has 21 heavy (non-hydrogen) atoms. The van der Waals surface area contributed by atoms with Crippen molar-refractivity contribution in [3.63, 3.8) is 0 Å². The molecule has 0 saturated carbocycles. The van der Waals surface area contributed by atoms with Crippen molar-refractivity contribution in [2.75, 3.05) is 13.7 Å². The van der Waals surface area contributed by atoms with Crippen LogP contribution in [0.3, 0.4) is 0 Å². The van der Waals surface area contributed by atoms with Gasteiger partial charge in [-0.3, -0.25) is 4.79 Å². The van der Waals surface area contributed by atoms with Crippen LogP contribution in [0.25, 0.3) is 0 Å². The highest BCUT2D eigenvalue weighted by Crippen LogP contribution is 2.39. The summed E-state index contributed by atoms with van der Waals surface area (Å²) in [7, 11) is 1.68. The topological polar surface area (TPSA) is 38.3 Å². The van der Waals surface area contributed by atoms with E-state index in [-0.39, 0.29) is 5.41 Å².